The molecule has 2 aromatic carbocycles. The van der Waals surface area contributed by atoms with Gasteiger partial charge in [0.05, 0.1) is 7.11 Å². The Morgan fingerprint density at radius 3 is 2.04 bits per heavy atom. The average Bonchev–Trinajstić information content (AvgIpc) is 2.62. The van der Waals surface area contributed by atoms with E-state index in [-0.39, 0.29) is 11.9 Å². The van der Waals surface area contributed by atoms with Crippen LogP contribution in [0.2, 0.25) is 0 Å². The van der Waals surface area contributed by atoms with Gasteiger partial charge in [-0.2, -0.15) is 0 Å². The summed E-state index contributed by atoms with van der Waals surface area (Å²) in [6.07, 6.45) is 1.05. The van der Waals surface area contributed by atoms with Crippen LogP contribution in [0, 0.1) is 0 Å². The van der Waals surface area contributed by atoms with E-state index in [1.54, 1.807) is 38.4 Å². The summed E-state index contributed by atoms with van der Waals surface area (Å²) in [6.45, 7) is 0. The number of urea groups is 1. The van der Waals surface area contributed by atoms with Crippen molar-refractivity contribution in [1.29, 1.82) is 0 Å². The average molecular weight is 327 g/mol. The van der Waals surface area contributed by atoms with Crippen LogP contribution in [0.15, 0.2) is 48.5 Å². The van der Waals surface area contributed by atoms with Crippen molar-refractivity contribution in [3.63, 3.8) is 0 Å². The maximum absolute atomic E-state index is 12.0. The van der Waals surface area contributed by atoms with E-state index in [9.17, 15) is 9.59 Å². The third-order valence-corrected chi connectivity index (χ3v) is 3.45. The molecule has 0 spiro atoms. The smallest absolute Gasteiger partial charge is 0.318 e. The number of rotatable bonds is 6. The van der Waals surface area contributed by atoms with Crippen molar-refractivity contribution in [2.24, 2.45) is 0 Å². The second-order valence-electron chi connectivity index (χ2n) is 5.18. The van der Waals surface area contributed by atoms with E-state index in [0.29, 0.717) is 24.2 Å². The Balaban J connectivity index is 1.82. The largest absolute Gasteiger partial charge is 0.497 e. The highest BCUT2D eigenvalue weighted by atomic mass is 16.5. The lowest BCUT2D eigenvalue weighted by Crippen LogP contribution is -2.24. The van der Waals surface area contributed by atoms with Gasteiger partial charge in [0.2, 0.25) is 5.91 Å². The summed E-state index contributed by atoms with van der Waals surface area (Å²) in [4.78, 5) is 23.2. The Labute approximate surface area is 141 Å². The van der Waals surface area contributed by atoms with Gasteiger partial charge in [0.25, 0.3) is 0 Å². The fourth-order valence-electron chi connectivity index (χ4n) is 2.10. The van der Waals surface area contributed by atoms with Crippen molar-refractivity contribution >= 4 is 23.3 Å². The van der Waals surface area contributed by atoms with Gasteiger partial charge in [-0.25, -0.2) is 4.79 Å². The molecule has 0 aliphatic rings. The number of anilines is 2. The molecule has 0 heterocycles. The summed E-state index contributed by atoms with van der Waals surface area (Å²) in [6, 6.07) is 14.3. The zero-order chi connectivity index (χ0) is 17.4. The van der Waals surface area contributed by atoms with Gasteiger partial charge < -0.3 is 20.7 Å². The molecule has 0 fully saturated rings. The molecular weight excluding hydrogens is 306 g/mol. The molecule has 0 radical (unpaired) electrons. The number of aryl methyl sites for hydroxylation is 1. The molecule has 6 heteroatoms. The topological polar surface area (TPSA) is 79.5 Å². The second-order valence-corrected chi connectivity index (χ2v) is 5.18. The summed E-state index contributed by atoms with van der Waals surface area (Å²) < 4.78 is 5.11. The van der Waals surface area contributed by atoms with Gasteiger partial charge in [0.15, 0.2) is 0 Å². The van der Waals surface area contributed by atoms with Crippen LogP contribution in [0.25, 0.3) is 0 Å². The van der Waals surface area contributed by atoms with E-state index < -0.39 is 0 Å². The van der Waals surface area contributed by atoms with E-state index in [0.717, 1.165) is 11.3 Å². The molecule has 3 amide bonds. The van der Waals surface area contributed by atoms with Crippen LogP contribution < -0.4 is 20.7 Å². The fourth-order valence-corrected chi connectivity index (χ4v) is 2.10. The number of hydrogen-bond donors (Lipinski definition) is 3. The quantitative estimate of drug-likeness (QED) is 0.763. The van der Waals surface area contributed by atoms with E-state index in [1.165, 1.54) is 0 Å². The summed E-state index contributed by atoms with van der Waals surface area (Å²) >= 11 is 0. The summed E-state index contributed by atoms with van der Waals surface area (Å²) in [5.41, 5.74) is 2.43. The van der Waals surface area contributed by atoms with Gasteiger partial charge in [-0.15, -0.1) is 0 Å². The van der Waals surface area contributed by atoms with Gasteiger partial charge in [-0.05, 0) is 48.4 Å². The Morgan fingerprint density at radius 1 is 0.917 bits per heavy atom. The molecule has 0 aliphatic heterocycles. The fraction of sp³-hybridized carbons (Fsp3) is 0.222. The maximum atomic E-state index is 12.0. The molecular formula is C18H21N3O3. The number of amides is 3. The molecule has 0 aromatic heterocycles. The van der Waals surface area contributed by atoms with Gasteiger partial charge >= 0.3 is 6.03 Å². The number of ether oxygens (including phenoxy) is 1. The first kappa shape index (κ1) is 17.3. The number of methoxy groups -OCH3 is 1. The van der Waals surface area contributed by atoms with Crippen LogP contribution in [0.3, 0.4) is 0 Å². The highest BCUT2D eigenvalue weighted by Crippen LogP contribution is 2.15. The number of carbonyl (C=O) groups excluding carboxylic acids is 2. The third kappa shape index (κ3) is 5.31. The monoisotopic (exact) mass is 327 g/mol. The molecule has 0 saturated carbocycles. The molecule has 0 unspecified atom stereocenters. The van der Waals surface area contributed by atoms with E-state index >= 15 is 0 Å². The minimum atomic E-state index is -0.286. The molecule has 0 atom stereocenters. The summed E-state index contributed by atoms with van der Waals surface area (Å²) in [7, 11) is 3.17. The number of carbonyl (C=O) groups is 2. The highest BCUT2D eigenvalue weighted by Gasteiger charge is 2.04. The summed E-state index contributed by atoms with van der Waals surface area (Å²) in [5.74, 6) is 0.742. The Kier molecular flexibility index (Phi) is 6.19. The third-order valence-electron chi connectivity index (χ3n) is 3.45. The second kappa shape index (κ2) is 8.57. The molecule has 126 valence electrons. The molecule has 0 saturated heterocycles. The summed E-state index contributed by atoms with van der Waals surface area (Å²) in [5, 5.41) is 7.96. The van der Waals surface area contributed by atoms with Crippen molar-refractivity contribution in [2.75, 3.05) is 24.8 Å². The van der Waals surface area contributed by atoms with Crippen molar-refractivity contribution < 1.29 is 14.3 Å². The van der Waals surface area contributed by atoms with Gasteiger partial charge in [-0.1, -0.05) is 12.1 Å². The first-order valence-corrected chi connectivity index (χ1v) is 7.62. The number of hydrogen-bond acceptors (Lipinski definition) is 3. The Bertz CT molecular complexity index is 682. The Hall–Kier alpha value is -3.02. The molecule has 0 bridgehead atoms. The minimum absolute atomic E-state index is 0.0576. The van der Waals surface area contributed by atoms with E-state index in [4.69, 9.17) is 4.74 Å². The van der Waals surface area contributed by atoms with Crippen molar-refractivity contribution in [3.05, 3.63) is 54.1 Å². The lowest BCUT2D eigenvalue weighted by molar-refractivity contribution is -0.116. The van der Waals surface area contributed by atoms with Crippen LogP contribution >= 0.6 is 0 Å². The maximum Gasteiger partial charge on any atom is 0.318 e. The highest BCUT2D eigenvalue weighted by molar-refractivity contribution is 5.92. The molecule has 2 rings (SSSR count). The van der Waals surface area contributed by atoms with Crippen LogP contribution in [-0.2, 0) is 11.2 Å². The van der Waals surface area contributed by atoms with Crippen LogP contribution in [0.4, 0.5) is 16.2 Å². The van der Waals surface area contributed by atoms with Crippen molar-refractivity contribution in [2.45, 2.75) is 12.8 Å². The van der Waals surface area contributed by atoms with E-state index in [1.807, 2.05) is 24.3 Å². The Morgan fingerprint density at radius 2 is 1.50 bits per heavy atom. The molecule has 3 N–H and O–H groups in total. The zero-order valence-corrected chi connectivity index (χ0v) is 13.8. The number of benzene rings is 2. The van der Waals surface area contributed by atoms with Crippen LogP contribution in [0.1, 0.15) is 12.0 Å². The van der Waals surface area contributed by atoms with Crippen LogP contribution in [0.5, 0.6) is 5.75 Å². The minimum Gasteiger partial charge on any atom is -0.497 e. The standard InChI is InChI=1S/C18H21N3O3/c1-19-18(23)21-15-8-6-14(7-9-15)20-17(22)12-5-13-3-10-16(24-2)11-4-13/h3-4,6-11H,5,12H2,1-2H3,(H,20,22)(H2,19,21,23). The molecule has 6 nitrogen and oxygen atoms in total. The molecule has 24 heavy (non-hydrogen) atoms. The number of nitrogens with one attached hydrogen (secondary N) is 3. The zero-order valence-electron chi connectivity index (χ0n) is 13.8. The first-order chi connectivity index (χ1) is 11.6. The van der Waals surface area contributed by atoms with Crippen LogP contribution in [-0.4, -0.2) is 26.1 Å². The van der Waals surface area contributed by atoms with Crippen molar-refractivity contribution in [3.8, 4) is 5.75 Å². The van der Waals surface area contributed by atoms with Gasteiger partial charge in [0, 0.05) is 24.8 Å². The SMILES string of the molecule is CNC(=O)Nc1ccc(NC(=O)CCc2ccc(OC)cc2)cc1. The lowest BCUT2D eigenvalue weighted by Gasteiger charge is -2.08. The predicted octanol–water partition coefficient (Wildman–Crippen LogP) is 3.02. The van der Waals surface area contributed by atoms with Crippen molar-refractivity contribution in [1.82, 2.24) is 5.32 Å². The predicted molar refractivity (Wildman–Crippen MR) is 94.5 cm³/mol. The molecule has 0 aliphatic carbocycles. The van der Waals surface area contributed by atoms with Gasteiger partial charge in [0.1, 0.15) is 5.75 Å². The first-order valence-electron chi connectivity index (χ1n) is 7.62. The lowest BCUT2D eigenvalue weighted by atomic mass is 10.1. The normalized spacial score (nSPS) is 9.92. The molecule has 2 aromatic rings. The van der Waals surface area contributed by atoms with Gasteiger partial charge in [-0.3, -0.25) is 4.79 Å². The van der Waals surface area contributed by atoms with E-state index in [2.05, 4.69) is 16.0 Å².